The normalized spacial score (nSPS) is 10.6. The lowest BCUT2D eigenvalue weighted by molar-refractivity contribution is -0.384. The van der Waals surface area contributed by atoms with Crippen molar-refractivity contribution in [2.75, 3.05) is 7.05 Å². The maximum absolute atomic E-state index is 12.5. The third-order valence-corrected chi connectivity index (χ3v) is 4.68. The van der Waals surface area contributed by atoms with Crippen molar-refractivity contribution in [3.05, 3.63) is 68.4 Å². The predicted molar refractivity (Wildman–Crippen MR) is 93.7 cm³/mol. The van der Waals surface area contributed by atoms with E-state index in [2.05, 4.69) is 4.98 Å². The average Bonchev–Trinajstić information content (AvgIpc) is 3.27. The zero-order valence-corrected chi connectivity index (χ0v) is 14.6. The molecule has 2 aromatic heterocycles. The molecule has 3 aromatic rings. The van der Waals surface area contributed by atoms with E-state index in [4.69, 9.17) is 16.0 Å². The Morgan fingerprint density at radius 3 is 2.92 bits per heavy atom. The largest absolute Gasteiger partial charge is 0.462 e. The van der Waals surface area contributed by atoms with Crippen molar-refractivity contribution >= 4 is 34.5 Å². The third-order valence-electron chi connectivity index (χ3n) is 3.45. The number of thiazole rings is 1. The fourth-order valence-corrected chi connectivity index (χ4v) is 3.14. The molecule has 25 heavy (non-hydrogen) atoms. The average molecular weight is 378 g/mol. The second-order valence-electron chi connectivity index (χ2n) is 5.21. The molecule has 2 heterocycles. The van der Waals surface area contributed by atoms with Crippen molar-refractivity contribution in [1.29, 1.82) is 0 Å². The molecule has 0 saturated heterocycles. The van der Waals surface area contributed by atoms with Crippen molar-refractivity contribution in [2.24, 2.45) is 0 Å². The Morgan fingerprint density at radius 2 is 2.24 bits per heavy atom. The lowest BCUT2D eigenvalue weighted by Gasteiger charge is -2.16. The highest BCUT2D eigenvalue weighted by Crippen LogP contribution is 2.26. The van der Waals surface area contributed by atoms with Crippen LogP contribution in [0.2, 0.25) is 5.02 Å². The van der Waals surface area contributed by atoms with Gasteiger partial charge in [-0.25, -0.2) is 4.98 Å². The molecule has 0 spiro atoms. The fourth-order valence-electron chi connectivity index (χ4n) is 2.20. The number of carbonyl (C=O) groups is 1. The zero-order chi connectivity index (χ0) is 18.0. The third kappa shape index (κ3) is 3.70. The molecular formula is C16H12ClN3O4S. The summed E-state index contributed by atoms with van der Waals surface area (Å²) in [7, 11) is 1.59. The molecule has 0 atom stereocenters. The van der Waals surface area contributed by atoms with Gasteiger partial charge in [0.05, 0.1) is 11.2 Å². The van der Waals surface area contributed by atoms with Gasteiger partial charge in [0, 0.05) is 36.1 Å². The Balaban J connectivity index is 1.77. The first-order valence-corrected chi connectivity index (χ1v) is 8.39. The Kier molecular flexibility index (Phi) is 4.82. The van der Waals surface area contributed by atoms with Gasteiger partial charge in [0.25, 0.3) is 11.6 Å². The van der Waals surface area contributed by atoms with Crippen LogP contribution in [0.15, 0.2) is 46.4 Å². The van der Waals surface area contributed by atoms with Gasteiger partial charge in [-0.05, 0) is 23.8 Å². The smallest absolute Gasteiger partial charge is 0.273 e. The van der Waals surface area contributed by atoms with Crippen LogP contribution >= 0.6 is 22.9 Å². The van der Waals surface area contributed by atoms with E-state index in [1.807, 2.05) is 0 Å². The molecule has 0 N–H and O–H groups in total. The van der Waals surface area contributed by atoms with Gasteiger partial charge in [0.1, 0.15) is 5.69 Å². The summed E-state index contributed by atoms with van der Waals surface area (Å²) in [6.07, 6.45) is 1.54. The van der Waals surface area contributed by atoms with Crippen LogP contribution in [0.5, 0.6) is 0 Å². The van der Waals surface area contributed by atoms with Gasteiger partial charge in [-0.2, -0.15) is 0 Å². The molecule has 0 bridgehead atoms. The molecule has 3 rings (SSSR count). The molecule has 1 amide bonds. The summed E-state index contributed by atoms with van der Waals surface area (Å²) >= 11 is 7.38. The van der Waals surface area contributed by atoms with Crippen molar-refractivity contribution in [1.82, 2.24) is 9.88 Å². The van der Waals surface area contributed by atoms with Crippen LogP contribution in [0, 0.1) is 10.1 Å². The highest BCUT2D eigenvalue weighted by molar-refractivity contribution is 7.13. The Bertz CT molecular complexity index is 923. The van der Waals surface area contributed by atoms with Crippen LogP contribution in [-0.2, 0) is 6.54 Å². The number of aromatic nitrogens is 1. The molecule has 0 aliphatic rings. The Labute approximate surface area is 151 Å². The number of nitro benzene ring substituents is 1. The van der Waals surface area contributed by atoms with Gasteiger partial charge >= 0.3 is 0 Å². The fraction of sp³-hybridized carbons (Fsp3) is 0.125. The van der Waals surface area contributed by atoms with Gasteiger partial charge in [-0.15, -0.1) is 11.3 Å². The number of nitro groups is 1. The van der Waals surface area contributed by atoms with Crippen molar-refractivity contribution in [3.8, 4) is 10.8 Å². The number of rotatable bonds is 5. The minimum absolute atomic E-state index is 0.0750. The van der Waals surface area contributed by atoms with Crippen molar-refractivity contribution in [3.63, 3.8) is 0 Å². The number of hydrogen-bond donors (Lipinski definition) is 0. The van der Waals surface area contributed by atoms with E-state index in [-0.39, 0.29) is 23.8 Å². The molecule has 0 aliphatic heterocycles. The van der Waals surface area contributed by atoms with E-state index in [1.165, 1.54) is 40.7 Å². The maximum atomic E-state index is 12.5. The first kappa shape index (κ1) is 17.1. The summed E-state index contributed by atoms with van der Waals surface area (Å²) in [5, 5.41) is 13.5. The predicted octanol–water partition coefficient (Wildman–Crippen LogP) is 4.24. The molecule has 1 aromatic carbocycles. The van der Waals surface area contributed by atoms with E-state index >= 15 is 0 Å². The highest BCUT2D eigenvalue weighted by atomic mass is 35.5. The minimum Gasteiger partial charge on any atom is -0.462 e. The Morgan fingerprint density at radius 1 is 1.44 bits per heavy atom. The number of benzene rings is 1. The minimum atomic E-state index is -0.502. The Hall–Kier alpha value is -2.71. The van der Waals surface area contributed by atoms with Crippen molar-refractivity contribution < 1.29 is 14.1 Å². The lowest BCUT2D eigenvalue weighted by Crippen LogP contribution is -2.26. The molecule has 9 heteroatoms. The van der Waals surface area contributed by atoms with Crippen LogP contribution in [0.3, 0.4) is 0 Å². The van der Waals surface area contributed by atoms with E-state index in [9.17, 15) is 14.9 Å². The van der Waals surface area contributed by atoms with Crippen molar-refractivity contribution in [2.45, 2.75) is 6.54 Å². The first-order valence-electron chi connectivity index (χ1n) is 7.13. The number of halogens is 1. The monoisotopic (exact) mass is 377 g/mol. The summed E-state index contributed by atoms with van der Waals surface area (Å²) in [4.78, 5) is 28.6. The summed E-state index contributed by atoms with van der Waals surface area (Å²) in [5.41, 5.74) is 0.697. The standard InChI is InChI=1S/C16H12ClN3O4S/c1-19(8-10-7-11(20(22)23)4-5-12(10)17)16(21)13-9-25-15(18-13)14-3-2-6-24-14/h2-7,9H,8H2,1H3. The van der Waals surface area contributed by atoms with Gasteiger partial charge < -0.3 is 9.32 Å². The molecule has 0 aliphatic carbocycles. The summed E-state index contributed by atoms with van der Waals surface area (Å²) in [6, 6.07) is 7.64. The van der Waals surface area contributed by atoms with Crippen LogP contribution < -0.4 is 0 Å². The molecule has 0 saturated carbocycles. The van der Waals surface area contributed by atoms with Gasteiger partial charge in [0.2, 0.25) is 0 Å². The number of hydrogen-bond acceptors (Lipinski definition) is 6. The van der Waals surface area contributed by atoms with Gasteiger partial charge in [0.15, 0.2) is 10.8 Å². The zero-order valence-electron chi connectivity index (χ0n) is 13.0. The molecule has 0 radical (unpaired) electrons. The van der Waals surface area contributed by atoms with E-state index < -0.39 is 4.92 Å². The van der Waals surface area contributed by atoms with E-state index in [1.54, 1.807) is 24.6 Å². The maximum Gasteiger partial charge on any atom is 0.273 e. The van der Waals surface area contributed by atoms with Crippen LogP contribution in [0.25, 0.3) is 10.8 Å². The van der Waals surface area contributed by atoms with Gasteiger partial charge in [-0.3, -0.25) is 14.9 Å². The van der Waals surface area contributed by atoms with Crippen LogP contribution in [0.1, 0.15) is 16.1 Å². The van der Waals surface area contributed by atoms with E-state index in [0.717, 1.165) is 0 Å². The highest BCUT2D eigenvalue weighted by Gasteiger charge is 2.19. The number of furan rings is 1. The quantitative estimate of drug-likeness (QED) is 0.490. The number of nitrogens with zero attached hydrogens (tertiary/aromatic N) is 3. The summed E-state index contributed by atoms with van der Waals surface area (Å²) in [5.74, 6) is 0.282. The SMILES string of the molecule is CN(Cc1cc([N+](=O)[O-])ccc1Cl)C(=O)c1csc(-c2ccco2)n1. The second kappa shape index (κ2) is 7.04. The summed E-state index contributed by atoms with van der Waals surface area (Å²) < 4.78 is 5.26. The molecule has 7 nitrogen and oxygen atoms in total. The topological polar surface area (TPSA) is 89.5 Å². The number of carbonyl (C=O) groups excluding carboxylic acids is 1. The van der Waals surface area contributed by atoms with Crippen LogP contribution in [0.4, 0.5) is 5.69 Å². The van der Waals surface area contributed by atoms with Crippen LogP contribution in [-0.4, -0.2) is 27.8 Å². The molecular weight excluding hydrogens is 366 g/mol. The summed E-state index contributed by atoms with van der Waals surface area (Å²) in [6.45, 7) is 0.132. The molecule has 0 unspecified atom stereocenters. The number of amides is 1. The number of non-ortho nitro benzene ring substituents is 1. The molecule has 128 valence electrons. The lowest BCUT2D eigenvalue weighted by atomic mass is 10.2. The molecule has 0 fully saturated rings. The van der Waals surface area contributed by atoms with Gasteiger partial charge in [-0.1, -0.05) is 11.6 Å². The first-order chi connectivity index (χ1) is 12.0. The second-order valence-corrected chi connectivity index (χ2v) is 6.47. The van der Waals surface area contributed by atoms with E-state index in [0.29, 0.717) is 21.4 Å².